The first-order valence-corrected chi connectivity index (χ1v) is 5.80. The molecule has 2 aliphatic rings. The molecule has 13 heavy (non-hydrogen) atoms. The normalized spacial score (nSPS) is 30.9. The first kappa shape index (κ1) is 9.47. The zero-order valence-electron chi connectivity index (χ0n) is 8.43. The third kappa shape index (κ3) is 2.96. The molecule has 1 saturated carbocycles. The summed E-state index contributed by atoms with van der Waals surface area (Å²) in [4.78, 5) is 0. The first-order valence-electron chi connectivity index (χ1n) is 5.80. The number of nitrogens with one attached hydrogen (secondary N) is 1. The predicted octanol–water partition coefficient (Wildman–Crippen LogP) is 2.09. The Hall–Kier alpha value is -0.0800. The highest BCUT2D eigenvalue weighted by molar-refractivity contribution is 4.74. The molecule has 0 aromatic heterocycles. The summed E-state index contributed by atoms with van der Waals surface area (Å²) in [6, 6.07) is 0.655. The quantitative estimate of drug-likeness (QED) is 0.723. The lowest BCUT2D eigenvalue weighted by Gasteiger charge is -2.23. The van der Waals surface area contributed by atoms with E-state index >= 15 is 0 Å². The molecule has 0 spiro atoms. The maximum atomic E-state index is 5.90. The zero-order chi connectivity index (χ0) is 8.93. The van der Waals surface area contributed by atoms with Crippen LogP contribution in [-0.2, 0) is 4.74 Å². The minimum absolute atomic E-state index is 0.580. The van der Waals surface area contributed by atoms with Crippen LogP contribution >= 0.6 is 0 Å². The molecular weight excluding hydrogens is 162 g/mol. The lowest BCUT2D eigenvalue weighted by atomic mass is 9.98. The Morgan fingerprint density at radius 3 is 2.54 bits per heavy atom. The van der Waals surface area contributed by atoms with Crippen molar-refractivity contribution in [3.8, 4) is 0 Å². The summed E-state index contributed by atoms with van der Waals surface area (Å²) in [7, 11) is 0. The first-order chi connectivity index (χ1) is 6.45. The zero-order valence-corrected chi connectivity index (χ0v) is 8.43. The average Bonchev–Trinajstić information content (AvgIpc) is 2.69. The van der Waals surface area contributed by atoms with Gasteiger partial charge in [-0.3, -0.25) is 0 Å². The largest absolute Gasteiger partial charge is 0.377 e. The third-order valence-electron chi connectivity index (χ3n) is 3.25. The highest BCUT2D eigenvalue weighted by atomic mass is 16.5. The highest BCUT2D eigenvalue weighted by Gasteiger charge is 2.18. The second-order valence-electron chi connectivity index (χ2n) is 4.39. The molecule has 1 atom stereocenters. The molecule has 1 N–H and O–H groups in total. The van der Waals surface area contributed by atoms with Crippen molar-refractivity contribution in [1.82, 2.24) is 5.32 Å². The van der Waals surface area contributed by atoms with Crippen molar-refractivity contribution in [2.45, 2.75) is 57.1 Å². The summed E-state index contributed by atoms with van der Waals surface area (Å²) in [5, 5.41) is 3.47. The topological polar surface area (TPSA) is 21.3 Å². The van der Waals surface area contributed by atoms with E-state index in [9.17, 15) is 0 Å². The fourth-order valence-electron chi connectivity index (χ4n) is 2.38. The molecule has 1 aliphatic carbocycles. The van der Waals surface area contributed by atoms with Crippen LogP contribution in [0, 0.1) is 0 Å². The smallest absolute Gasteiger partial charge is 0.0623 e. The fourth-order valence-corrected chi connectivity index (χ4v) is 2.38. The Morgan fingerprint density at radius 1 is 1.00 bits per heavy atom. The summed E-state index contributed by atoms with van der Waals surface area (Å²) in [6.07, 6.45) is 9.99. The second kappa shape index (κ2) is 4.97. The van der Waals surface area contributed by atoms with Crippen molar-refractivity contribution >= 4 is 0 Å². The van der Waals surface area contributed by atoms with Gasteiger partial charge in [-0.25, -0.2) is 0 Å². The van der Waals surface area contributed by atoms with Crippen molar-refractivity contribution in [2.24, 2.45) is 0 Å². The molecule has 2 heteroatoms. The van der Waals surface area contributed by atoms with Crippen LogP contribution in [0.5, 0.6) is 0 Å². The highest BCUT2D eigenvalue weighted by Crippen LogP contribution is 2.20. The van der Waals surface area contributed by atoms with Crippen molar-refractivity contribution in [2.75, 3.05) is 13.2 Å². The van der Waals surface area contributed by atoms with E-state index in [1.165, 1.54) is 51.5 Å². The molecule has 2 fully saturated rings. The molecule has 1 unspecified atom stereocenters. The SMILES string of the molecule is C1CCC(OCC2CCCN2)CC1. The number of rotatable bonds is 3. The van der Waals surface area contributed by atoms with E-state index in [0.29, 0.717) is 12.1 Å². The van der Waals surface area contributed by atoms with Crippen LogP contribution < -0.4 is 5.32 Å². The molecule has 1 aliphatic heterocycles. The maximum absolute atomic E-state index is 5.90. The molecule has 0 aromatic carbocycles. The molecule has 0 bridgehead atoms. The lowest BCUT2D eigenvalue weighted by Crippen LogP contribution is -2.30. The van der Waals surface area contributed by atoms with Crippen LogP contribution in [-0.4, -0.2) is 25.3 Å². The minimum atomic E-state index is 0.580. The Labute approximate surface area is 81.0 Å². The second-order valence-corrected chi connectivity index (χ2v) is 4.39. The van der Waals surface area contributed by atoms with Gasteiger partial charge < -0.3 is 10.1 Å². The van der Waals surface area contributed by atoms with E-state index in [1.54, 1.807) is 0 Å². The van der Waals surface area contributed by atoms with E-state index in [2.05, 4.69) is 5.32 Å². The Morgan fingerprint density at radius 2 is 1.85 bits per heavy atom. The van der Waals surface area contributed by atoms with Crippen LogP contribution in [0.2, 0.25) is 0 Å². The van der Waals surface area contributed by atoms with Gasteiger partial charge in [-0.1, -0.05) is 19.3 Å². The molecule has 0 amide bonds. The Bertz CT molecular complexity index is 137. The van der Waals surface area contributed by atoms with Crippen LogP contribution in [0.15, 0.2) is 0 Å². The molecule has 1 heterocycles. The van der Waals surface area contributed by atoms with E-state index < -0.39 is 0 Å². The van der Waals surface area contributed by atoms with Gasteiger partial charge in [0.05, 0.1) is 12.7 Å². The van der Waals surface area contributed by atoms with Gasteiger partial charge in [-0.2, -0.15) is 0 Å². The van der Waals surface area contributed by atoms with Gasteiger partial charge in [0.15, 0.2) is 0 Å². The van der Waals surface area contributed by atoms with E-state index in [-0.39, 0.29) is 0 Å². The molecule has 2 nitrogen and oxygen atoms in total. The average molecular weight is 183 g/mol. The van der Waals surface area contributed by atoms with Crippen molar-refractivity contribution in [3.63, 3.8) is 0 Å². The van der Waals surface area contributed by atoms with E-state index in [4.69, 9.17) is 4.74 Å². The van der Waals surface area contributed by atoms with Gasteiger partial charge in [0.2, 0.25) is 0 Å². The molecular formula is C11H21NO. The van der Waals surface area contributed by atoms with E-state index in [1.807, 2.05) is 0 Å². The monoisotopic (exact) mass is 183 g/mol. The van der Waals surface area contributed by atoms with Crippen LogP contribution in [0.25, 0.3) is 0 Å². The van der Waals surface area contributed by atoms with Crippen LogP contribution in [0.1, 0.15) is 44.9 Å². The van der Waals surface area contributed by atoms with Gasteiger partial charge in [-0.15, -0.1) is 0 Å². The molecule has 1 saturated heterocycles. The molecule has 0 radical (unpaired) electrons. The molecule has 0 aromatic rings. The van der Waals surface area contributed by atoms with Gasteiger partial charge in [-0.05, 0) is 32.2 Å². The minimum Gasteiger partial charge on any atom is -0.377 e. The predicted molar refractivity (Wildman–Crippen MR) is 53.8 cm³/mol. The van der Waals surface area contributed by atoms with Crippen LogP contribution in [0.3, 0.4) is 0 Å². The molecule has 2 rings (SSSR count). The van der Waals surface area contributed by atoms with Crippen molar-refractivity contribution in [3.05, 3.63) is 0 Å². The molecule has 76 valence electrons. The van der Waals surface area contributed by atoms with Crippen molar-refractivity contribution in [1.29, 1.82) is 0 Å². The summed E-state index contributed by atoms with van der Waals surface area (Å²) in [6.45, 7) is 2.14. The standard InChI is InChI=1S/C11H21NO/c1-2-6-11(7-3-1)13-9-10-5-4-8-12-10/h10-12H,1-9H2. The van der Waals surface area contributed by atoms with Gasteiger partial charge in [0.1, 0.15) is 0 Å². The third-order valence-corrected chi connectivity index (χ3v) is 3.25. The van der Waals surface area contributed by atoms with Gasteiger partial charge in [0.25, 0.3) is 0 Å². The van der Waals surface area contributed by atoms with E-state index in [0.717, 1.165) is 6.61 Å². The Kier molecular flexibility index (Phi) is 3.62. The number of hydrogen-bond acceptors (Lipinski definition) is 2. The lowest BCUT2D eigenvalue weighted by molar-refractivity contribution is 0.0184. The number of hydrogen-bond donors (Lipinski definition) is 1. The maximum Gasteiger partial charge on any atom is 0.0623 e. The Balaban J connectivity index is 1.60. The van der Waals surface area contributed by atoms with Crippen LogP contribution in [0.4, 0.5) is 0 Å². The van der Waals surface area contributed by atoms with Crippen molar-refractivity contribution < 1.29 is 4.74 Å². The fraction of sp³-hybridized carbons (Fsp3) is 1.00. The summed E-state index contributed by atoms with van der Waals surface area (Å²) in [5.74, 6) is 0. The number of ether oxygens (including phenoxy) is 1. The van der Waals surface area contributed by atoms with Gasteiger partial charge in [0, 0.05) is 6.04 Å². The summed E-state index contributed by atoms with van der Waals surface area (Å²) in [5.41, 5.74) is 0. The summed E-state index contributed by atoms with van der Waals surface area (Å²) >= 11 is 0. The van der Waals surface area contributed by atoms with Gasteiger partial charge >= 0.3 is 0 Å². The summed E-state index contributed by atoms with van der Waals surface area (Å²) < 4.78 is 5.90.